The Morgan fingerprint density at radius 3 is 2.50 bits per heavy atom. The Bertz CT molecular complexity index is 307. The number of hydrogen-bond acceptors (Lipinski definition) is 1. The third-order valence-corrected chi connectivity index (χ3v) is 2.90. The van der Waals surface area contributed by atoms with Crippen molar-refractivity contribution in [3.05, 3.63) is 33.8 Å². The second kappa shape index (κ2) is 4.94. The van der Waals surface area contributed by atoms with Crippen LogP contribution in [0.15, 0.2) is 22.7 Å². The van der Waals surface area contributed by atoms with Gasteiger partial charge in [0.05, 0.1) is 6.10 Å². The van der Waals surface area contributed by atoms with Crippen molar-refractivity contribution in [2.75, 3.05) is 0 Å². The van der Waals surface area contributed by atoms with Crippen LogP contribution in [0.3, 0.4) is 0 Å². The Morgan fingerprint density at radius 1 is 1.36 bits per heavy atom. The van der Waals surface area contributed by atoms with E-state index in [2.05, 4.69) is 29.8 Å². The number of aliphatic hydroxyl groups is 1. The Hall–Kier alpha value is -0.340. The van der Waals surface area contributed by atoms with Crippen molar-refractivity contribution in [1.82, 2.24) is 0 Å². The van der Waals surface area contributed by atoms with Crippen LogP contribution in [0.1, 0.15) is 37.5 Å². The SMILES string of the molecule is Cc1ccc(C(O)CC(C)C)c(Br)c1. The quantitative estimate of drug-likeness (QED) is 0.872. The number of aryl methyl sites for hydroxylation is 1. The molecule has 1 aromatic carbocycles. The average Bonchev–Trinajstić information content (AvgIpc) is 2.01. The van der Waals surface area contributed by atoms with Gasteiger partial charge >= 0.3 is 0 Å². The van der Waals surface area contributed by atoms with E-state index in [0.29, 0.717) is 5.92 Å². The second-order valence-corrected chi connectivity index (χ2v) is 5.02. The van der Waals surface area contributed by atoms with Crippen molar-refractivity contribution in [3.8, 4) is 0 Å². The first-order valence-corrected chi connectivity index (χ1v) is 5.74. The van der Waals surface area contributed by atoms with Crippen LogP contribution in [0.5, 0.6) is 0 Å². The molecule has 0 aliphatic rings. The minimum atomic E-state index is -0.357. The average molecular weight is 257 g/mol. The summed E-state index contributed by atoms with van der Waals surface area (Å²) in [6.45, 7) is 6.28. The highest BCUT2D eigenvalue weighted by atomic mass is 79.9. The molecular weight excluding hydrogens is 240 g/mol. The third kappa shape index (κ3) is 3.10. The maximum absolute atomic E-state index is 9.93. The van der Waals surface area contributed by atoms with Gasteiger partial charge in [0.25, 0.3) is 0 Å². The Balaban J connectivity index is 2.84. The lowest BCUT2D eigenvalue weighted by Gasteiger charge is -2.15. The van der Waals surface area contributed by atoms with E-state index >= 15 is 0 Å². The van der Waals surface area contributed by atoms with Crippen LogP contribution in [0, 0.1) is 12.8 Å². The lowest BCUT2D eigenvalue weighted by atomic mass is 9.99. The fraction of sp³-hybridized carbons (Fsp3) is 0.500. The first-order chi connectivity index (χ1) is 6.50. The van der Waals surface area contributed by atoms with E-state index in [1.54, 1.807) is 0 Å². The first kappa shape index (κ1) is 11.7. The van der Waals surface area contributed by atoms with Crippen molar-refractivity contribution < 1.29 is 5.11 Å². The van der Waals surface area contributed by atoms with Gasteiger partial charge in [-0.1, -0.05) is 41.9 Å². The molecule has 0 radical (unpaired) electrons. The van der Waals surface area contributed by atoms with Crippen LogP contribution in [0.2, 0.25) is 0 Å². The molecule has 2 heteroatoms. The van der Waals surface area contributed by atoms with Gasteiger partial charge in [-0.15, -0.1) is 0 Å². The fourth-order valence-corrected chi connectivity index (χ4v) is 2.23. The maximum atomic E-state index is 9.93. The van der Waals surface area contributed by atoms with Gasteiger partial charge in [-0.25, -0.2) is 0 Å². The first-order valence-electron chi connectivity index (χ1n) is 4.95. The molecule has 1 unspecified atom stereocenters. The Morgan fingerprint density at radius 2 is 2.00 bits per heavy atom. The molecule has 0 fully saturated rings. The van der Waals surface area contributed by atoms with Crippen molar-refractivity contribution in [2.24, 2.45) is 5.92 Å². The highest BCUT2D eigenvalue weighted by molar-refractivity contribution is 9.10. The van der Waals surface area contributed by atoms with E-state index in [1.807, 2.05) is 25.1 Å². The predicted molar refractivity (Wildman–Crippen MR) is 63.3 cm³/mol. The van der Waals surface area contributed by atoms with Gasteiger partial charge in [0, 0.05) is 4.47 Å². The molecule has 78 valence electrons. The molecule has 14 heavy (non-hydrogen) atoms. The molecule has 0 aliphatic carbocycles. The molecule has 1 N–H and O–H groups in total. The van der Waals surface area contributed by atoms with Gasteiger partial charge < -0.3 is 5.11 Å². The fourth-order valence-electron chi connectivity index (χ4n) is 1.48. The molecule has 0 spiro atoms. The molecule has 0 aliphatic heterocycles. The molecular formula is C12H17BrO. The van der Waals surface area contributed by atoms with Crippen LogP contribution in [-0.4, -0.2) is 5.11 Å². The highest BCUT2D eigenvalue weighted by Gasteiger charge is 2.12. The zero-order valence-corrected chi connectivity index (χ0v) is 10.5. The summed E-state index contributed by atoms with van der Waals surface area (Å²) in [6, 6.07) is 6.06. The van der Waals surface area contributed by atoms with Crippen LogP contribution < -0.4 is 0 Å². The summed E-state index contributed by atoms with van der Waals surface area (Å²) in [6.07, 6.45) is 0.451. The standard InChI is InChI=1S/C12H17BrO/c1-8(2)6-12(14)10-5-4-9(3)7-11(10)13/h4-5,7-8,12,14H,6H2,1-3H3. The molecule has 0 amide bonds. The van der Waals surface area contributed by atoms with Gasteiger partial charge in [0.1, 0.15) is 0 Å². The molecule has 1 rings (SSSR count). The predicted octanol–water partition coefficient (Wildman–Crippen LogP) is 3.84. The smallest absolute Gasteiger partial charge is 0.0803 e. The zero-order valence-electron chi connectivity index (χ0n) is 8.92. The zero-order chi connectivity index (χ0) is 10.7. The van der Waals surface area contributed by atoms with Gasteiger partial charge in [-0.3, -0.25) is 0 Å². The summed E-state index contributed by atoms with van der Waals surface area (Å²) < 4.78 is 1.01. The highest BCUT2D eigenvalue weighted by Crippen LogP contribution is 2.28. The number of halogens is 1. The lowest BCUT2D eigenvalue weighted by molar-refractivity contribution is 0.150. The molecule has 0 aromatic heterocycles. The van der Waals surface area contributed by atoms with Crippen molar-refractivity contribution in [1.29, 1.82) is 0 Å². The molecule has 1 aromatic rings. The topological polar surface area (TPSA) is 20.2 Å². The number of benzene rings is 1. The van der Waals surface area contributed by atoms with Crippen LogP contribution >= 0.6 is 15.9 Å². The summed E-state index contributed by atoms with van der Waals surface area (Å²) in [7, 11) is 0. The van der Waals surface area contributed by atoms with Crippen LogP contribution in [0.25, 0.3) is 0 Å². The molecule has 1 atom stereocenters. The maximum Gasteiger partial charge on any atom is 0.0803 e. The number of aliphatic hydroxyl groups excluding tert-OH is 1. The Labute approximate surface area is 94.3 Å². The minimum absolute atomic E-state index is 0.357. The van der Waals surface area contributed by atoms with E-state index < -0.39 is 0 Å². The molecule has 0 heterocycles. The molecule has 0 bridgehead atoms. The van der Waals surface area contributed by atoms with Crippen molar-refractivity contribution >= 4 is 15.9 Å². The number of rotatable bonds is 3. The van der Waals surface area contributed by atoms with Crippen molar-refractivity contribution in [3.63, 3.8) is 0 Å². The summed E-state index contributed by atoms with van der Waals surface area (Å²) >= 11 is 3.48. The van der Waals surface area contributed by atoms with E-state index in [-0.39, 0.29) is 6.10 Å². The third-order valence-electron chi connectivity index (χ3n) is 2.21. The van der Waals surface area contributed by atoms with E-state index in [1.165, 1.54) is 5.56 Å². The monoisotopic (exact) mass is 256 g/mol. The summed E-state index contributed by atoms with van der Waals surface area (Å²) in [4.78, 5) is 0. The normalized spacial score (nSPS) is 13.3. The largest absolute Gasteiger partial charge is 0.388 e. The minimum Gasteiger partial charge on any atom is -0.388 e. The van der Waals surface area contributed by atoms with E-state index in [4.69, 9.17) is 0 Å². The summed E-state index contributed by atoms with van der Waals surface area (Å²) in [5.41, 5.74) is 2.20. The lowest BCUT2D eigenvalue weighted by Crippen LogP contribution is -2.02. The van der Waals surface area contributed by atoms with Crippen LogP contribution in [-0.2, 0) is 0 Å². The molecule has 1 nitrogen and oxygen atoms in total. The summed E-state index contributed by atoms with van der Waals surface area (Å²) in [5.74, 6) is 0.512. The van der Waals surface area contributed by atoms with Crippen molar-refractivity contribution in [2.45, 2.75) is 33.3 Å². The van der Waals surface area contributed by atoms with Crippen LogP contribution in [0.4, 0.5) is 0 Å². The van der Waals surface area contributed by atoms with E-state index in [9.17, 15) is 5.11 Å². The second-order valence-electron chi connectivity index (χ2n) is 4.17. The molecule has 0 saturated carbocycles. The van der Waals surface area contributed by atoms with Gasteiger partial charge in [0.15, 0.2) is 0 Å². The Kier molecular flexibility index (Phi) is 4.14. The van der Waals surface area contributed by atoms with Gasteiger partial charge in [-0.2, -0.15) is 0 Å². The van der Waals surface area contributed by atoms with E-state index in [0.717, 1.165) is 16.5 Å². The molecule has 0 saturated heterocycles. The van der Waals surface area contributed by atoms with Gasteiger partial charge in [0.2, 0.25) is 0 Å². The van der Waals surface area contributed by atoms with Gasteiger partial charge in [-0.05, 0) is 36.5 Å². The summed E-state index contributed by atoms with van der Waals surface area (Å²) in [5, 5.41) is 9.93. The number of hydrogen-bond donors (Lipinski definition) is 1.